The lowest BCUT2D eigenvalue weighted by Crippen LogP contribution is -2.45. The Morgan fingerprint density at radius 2 is 2.00 bits per heavy atom. The van der Waals surface area contributed by atoms with Crippen LogP contribution in [0, 0.1) is 6.92 Å². The molecule has 1 unspecified atom stereocenters. The van der Waals surface area contributed by atoms with Gasteiger partial charge in [-0.05, 0) is 36.8 Å². The van der Waals surface area contributed by atoms with Crippen molar-refractivity contribution in [1.29, 1.82) is 0 Å². The van der Waals surface area contributed by atoms with Gasteiger partial charge >= 0.3 is 0 Å². The molecule has 23 heavy (non-hydrogen) atoms. The van der Waals surface area contributed by atoms with Crippen molar-refractivity contribution in [3.05, 3.63) is 58.4 Å². The Bertz CT molecular complexity index is 654. The molecule has 122 valence electrons. The van der Waals surface area contributed by atoms with Crippen LogP contribution in [0.2, 0.25) is 5.02 Å². The molecule has 3 rings (SSSR count). The van der Waals surface area contributed by atoms with Gasteiger partial charge in [0.05, 0.1) is 18.8 Å². The van der Waals surface area contributed by atoms with Gasteiger partial charge in [0, 0.05) is 43.0 Å². The third-order valence-corrected chi connectivity index (χ3v) is 4.45. The molecule has 0 aliphatic carbocycles. The molecule has 5 heteroatoms. The summed E-state index contributed by atoms with van der Waals surface area (Å²) in [5.41, 5.74) is 3.25. The fourth-order valence-corrected chi connectivity index (χ4v) is 3.22. The minimum atomic E-state index is 0.0475. The van der Waals surface area contributed by atoms with Crippen molar-refractivity contribution in [2.24, 2.45) is 0 Å². The summed E-state index contributed by atoms with van der Waals surface area (Å²) in [6.45, 7) is 5.94. The maximum absolute atomic E-state index is 6.26. The number of piperazine rings is 1. The van der Waals surface area contributed by atoms with Crippen molar-refractivity contribution in [2.75, 3.05) is 33.3 Å². The Hall–Kier alpha value is -1.62. The van der Waals surface area contributed by atoms with Crippen molar-refractivity contribution in [3.63, 3.8) is 0 Å². The lowest BCUT2D eigenvalue weighted by Gasteiger charge is -2.35. The molecule has 1 atom stereocenters. The maximum Gasteiger partial charge on any atom is 0.124 e. The van der Waals surface area contributed by atoms with E-state index in [0.717, 1.165) is 48.7 Å². The van der Waals surface area contributed by atoms with Gasteiger partial charge in [-0.3, -0.25) is 9.88 Å². The number of aryl methyl sites for hydroxylation is 1. The molecular formula is C18H22ClN3O. The van der Waals surface area contributed by atoms with Crippen LogP contribution in [0.3, 0.4) is 0 Å². The number of nitrogens with one attached hydrogen (secondary N) is 1. The van der Waals surface area contributed by atoms with Crippen molar-refractivity contribution < 1.29 is 4.74 Å². The summed E-state index contributed by atoms with van der Waals surface area (Å²) in [6, 6.07) is 10.0. The Balaban J connectivity index is 2.07. The van der Waals surface area contributed by atoms with Crippen LogP contribution in [0.5, 0.6) is 5.75 Å². The summed E-state index contributed by atoms with van der Waals surface area (Å²) in [7, 11) is 1.70. The smallest absolute Gasteiger partial charge is 0.124 e. The standard InChI is InChI=1S/C18H22ClN3O/c1-13-3-5-16(21-12-13)18(22-9-7-20-8-10-22)15-11-14(19)4-6-17(15)23-2/h3-6,11-12,18,20H,7-10H2,1-2H3. The van der Waals surface area contributed by atoms with Crippen molar-refractivity contribution >= 4 is 11.6 Å². The molecular weight excluding hydrogens is 310 g/mol. The first-order chi connectivity index (χ1) is 11.2. The highest BCUT2D eigenvalue weighted by Gasteiger charge is 2.27. The van der Waals surface area contributed by atoms with Crippen LogP contribution < -0.4 is 10.1 Å². The second-order valence-corrected chi connectivity index (χ2v) is 6.27. The molecule has 0 radical (unpaired) electrons. The van der Waals surface area contributed by atoms with E-state index in [1.807, 2.05) is 24.4 Å². The van der Waals surface area contributed by atoms with Gasteiger partial charge in [-0.25, -0.2) is 0 Å². The fraction of sp³-hybridized carbons (Fsp3) is 0.389. The van der Waals surface area contributed by atoms with Crippen molar-refractivity contribution in [3.8, 4) is 5.75 Å². The van der Waals surface area contributed by atoms with E-state index in [4.69, 9.17) is 16.3 Å². The molecule has 0 bridgehead atoms. The van der Waals surface area contributed by atoms with Gasteiger partial charge in [-0.2, -0.15) is 0 Å². The van der Waals surface area contributed by atoms with Gasteiger partial charge in [0.2, 0.25) is 0 Å². The molecule has 1 aromatic heterocycles. The largest absolute Gasteiger partial charge is 0.496 e. The van der Waals surface area contributed by atoms with Gasteiger partial charge < -0.3 is 10.1 Å². The SMILES string of the molecule is COc1ccc(Cl)cc1C(c1ccc(C)cn1)N1CCNCC1. The van der Waals surface area contributed by atoms with Crippen LogP contribution in [0.4, 0.5) is 0 Å². The van der Waals surface area contributed by atoms with Gasteiger partial charge in [-0.1, -0.05) is 17.7 Å². The predicted molar refractivity (Wildman–Crippen MR) is 93.3 cm³/mol. The average molecular weight is 332 g/mol. The van der Waals surface area contributed by atoms with Crippen LogP contribution in [0.25, 0.3) is 0 Å². The Morgan fingerprint density at radius 1 is 1.22 bits per heavy atom. The van der Waals surface area contributed by atoms with E-state index in [0.29, 0.717) is 5.02 Å². The third kappa shape index (κ3) is 3.66. The highest BCUT2D eigenvalue weighted by Crippen LogP contribution is 2.35. The number of hydrogen-bond donors (Lipinski definition) is 1. The first kappa shape index (κ1) is 16.2. The van der Waals surface area contributed by atoms with E-state index >= 15 is 0 Å². The van der Waals surface area contributed by atoms with E-state index in [-0.39, 0.29) is 6.04 Å². The number of halogens is 1. The van der Waals surface area contributed by atoms with Gasteiger partial charge in [-0.15, -0.1) is 0 Å². The van der Waals surface area contributed by atoms with E-state index in [1.165, 1.54) is 0 Å². The molecule has 2 aromatic rings. The molecule has 1 aliphatic heterocycles. The quantitative estimate of drug-likeness (QED) is 0.934. The number of methoxy groups -OCH3 is 1. The zero-order chi connectivity index (χ0) is 16.2. The summed E-state index contributed by atoms with van der Waals surface area (Å²) in [5, 5.41) is 4.12. The Kier molecular flexibility index (Phi) is 5.16. The third-order valence-electron chi connectivity index (χ3n) is 4.22. The van der Waals surface area contributed by atoms with Crippen LogP contribution >= 0.6 is 11.6 Å². The topological polar surface area (TPSA) is 37.4 Å². The number of benzene rings is 1. The molecule has 1 saturated heterocycles. The van der Waals surface area contributed by atoms with E-state index in [2.05, 4.69) is 34.3 Å². The molecule has 0 saturated carbocycles. The fourth-order valence-electron chi connectivity index (χ4n) is 3.04. The predicted octanol–water partition coefficient (Wildman–Crippen LogP) is 3.05. The summed E-state index contributed by atoms with van der Waals surface area (Å²) in [5.74, 6) is 0.848. The van der Waals surface area contributed by atoms with Crippen molar-refractivity contribution in [2.45, 2.75) is 13.0 Å². The summed E-state index contributed by atoms with van der Waals surface area (Å²) < 4.78 is 5.59. The van der Waals surface area contributed by atoms with Gasteiger partial charge in [0.25, 0.3) is 0 Å². The molecule has 0 spiro atoms. The van der Waals surface area contributed by atoms with Crippen LogP contribution in [-0.2, 0) is 0 Å². The highest BCUT2D eigenvalue weighted by atomic mass is 35.5. The van der Waals surface area contributed by atoms with Crippen molar-refractivity contribution in [1.82, 2.24) is 15.2 Å². The lowest BCUT2D eigenvalue weighted by molar-refractivity contribution is 0.192. The molecule has 1 aromatic carbocycles. The molecule has 1 aliphatic rings. The molecule has 0 amide bonds. The van der Waals surface area contributed by atoms with Gasteiger partial charge in [0.15, 0.2) is 0 Å². The number of aromatic nitrogens is 1. The number of nitrogens with zero attached hydrogens (tertiary/aromatic N) is 2. The minimum Gasteiger partial charge on any atom is -0.496 e. The van der Waals surface area contributed by atoms with Gasteiger partial charge in [0.1, 0.15) is 5.75 Å². The molecule has 1 fully saturated rings. The highest BCUT2D eigenvalue weighted by molar-refractivity contribution is 6.30. The van der Waals surface area contributed by atoms with E-state index in [1.54, 1.807) is 7.11 Å². The minimum absolute atomic E-state index is 0.0475. The molecule has 1 N–H and O–H groups in total. The first-order valence-corrected chi connectivity index (χ1v) is 8.27. The summed E-state index contributed by atoms with van der Waals surface area (Å²) in [4.78, 5) is 7.11. The monoisotopic (exact) mass is 331 g/mol. The Morgan fingerprint density at radius 3 is 2.65 bits per heavy atom. The lowest BCUT2D eigenvalue weighted by atomic mass is 9.99. The van der Waals surface area contributed by atoms with E-state index in [9.17, 15) is 0 Å². The zero-order valence-corrected chi connectivity index (χ0v) is 14.3. The normalized spacial score (nSPS) is 17.0. The first-order valence-electron chi connectivity index (χ1n) is 7.90. The van der Waals surface area contributed by atoms with Crippen LogP contribution in [-0.4, -0.2) is 43.2 Å². The molecule has 2 heterocycles. The average Bonchev–Trinajstić information content (AvgIpc) is 2.58. The summed E-state index contributed by atoms with van der Waals surface area (Å²) >= 11 is 6.26. The molecule has 4 nitrogen and oxygen atoms in total. The number of hydrogen-bond acceptors (Lipinski definition) is 4. The number of ether oxygens (including phenoxy) is 1. The number of rotatable bonds is 4. The second-order valence-electron chi connectivity index (χ2n) is 5.84. The number of pyridine rings is 1. The van der Waals surface area contributed by atoms with E-state index < -0.39 is 0 Å². The van der Waals surface area contributed by atoms with Crippen LogP contribution in [0.1, 0.15) is 22.9 Å². The van der Waals surface area contributed by atoms with Crippen LogP contribution in [0.15, 0.2) is 36.5 Å². The Labute approximate surface area is 142 Å². The maximum atomic E-state index is 6.26. The second kappa shape index (κ2) is 7.30. The summed E-state index contributed by atoms with van der Waals surface area (Å²) in [6.07, 6.45) is 1.92. The zero-order valence-electron chi connectivity index (χ0n) is 13.6.